The Balaban J connectivity index is 2.34. The highest BCUT2D eigenvalue weighted by Crippen LogP contribution is 2.29. The minimum Gasteiger partial charge on any atom is -0.495 e. The molecule has 0 N–H and O–H groups in total. The van der Waals surface area contributed by atoms with Crippen molar-refractivity contribution in [1.82, 2.24) is 0 Å². The molecule has 1 aromatic heterocycles. The molecular formula is C14H14ClNO3. The fourth-order valence-corrected chi connectivity index (χ4v) is 1.94. The average molecular weight is 280 g/mol. The predicted octanol–water partition coefficient (Wildman–Crippen LogP) is 3.06. The molecule has 0 aliphatic rings. The third-order valence-electron chi connectivity index (χ3n) is 2.69. The molecule has 0 aliphatic carbocycles. The normalized spacial score (nSPS) is 10.2. The summed E-state index contributed by atoms with van der Waals surface area (Å²) in [4.78, 5) is 13.5. The van der Waals surface area contributed by atoms with Gasteiger partial charge in [-0.3, -0.25) is 4.79 Å². The molecule has 0 saturated heterocycles. The summed E-state index contributed by atoms with van der Waals surface area (Å²) in [6.45, 7) is 0.318. The molecule has 5 heteroatoms. The number of ether oxygens (including phenoxy) is 1. The van der Waals surface area contributed by atoms with Crippen molar-refractivity contribution >= 4 is 23.2 Å². The van der Waals surface area contributed by atoms with E-state index in [2.05, 4.69) is 0 Å². The monoisotopic (exact) mass is 279 g/mol. The number of anilines is 1. The fourth-order valence-electron chi connectivity index (χ4n) is 1.79. The largest absolute Gasteiger partial charge is 0.495 e. The van der Waals surface area contributed by atoms with Gasteiger partial charge in [0.25, 0.3) is 0 Å². The maximum Gasteiger partial charge on any atom is 0.242 e. The Morgan fingerprint density at radius 2 is 2.11 bits per heavy atom. The number of nitrogens with zero attached hydrogens (tertiary/aromatic N) is 1. The third-order valence-corrected chi connectivity index (χ3v) is 2.91. The topological polar surface area (TPSA) is 42.7 Å². The summed E-state index contributed by atoms with van der Waals surface area (Å²) in [5.41, 5.74) is 0.673. The molecule has 0 bridgehead atoms. The van der Waals surface area contributed by atoms with Crippen LogP contribution in [0.4, 0.5) is 5.69 Å². The summed E-state index contributed by atoms with van der Waals surface area (Å²) in [5, 5.41) is 0. The number of hydrogen-bond donors (Lipinski definition) is 0. The van der Waals surface area contributed by atoms with Crippen molar-refractivity contribution in [1.29, 1.82) is 0 Å². The minimum absolute atomic E-state index is 0.0985. The van der Waals surface area contributed by atoms with Crippen molar-refractivity contribution in [2.45, 2.75) is 6.54 Å². The molecule has 0 saturated carbocycles. The molecule has 2 rings (SSSR count). The molecule has 0 spiro atoms. The zero-order chi connectivity index (χ0) is 13.7. The van der Waals surface area contributed by atoms with E-state index in [1.165, 1.54) is 0 Å². The van der Waals surface area contributed by atoms with Crippen LogP contribution in [-0.2, 0) is 11.3 Å². The van der Waals surface area contributed by atoms with Gasteiger partial charge in [0.2, 0.25) is 5.91 Å². The highest BCUT2D eigenvalue weighted by atomic mass is 35.5. The van der Waals surface area contributed by atoms with Crippen LogP contribution in [0.15, 0.2) is 47.1 Å². The number of amides is 1. The van der Waals surface area contributed by atoms with Gasteiger partial charge in [-0.05, 0) is 24.3 Å². The van der Waals surface area contributed by atoms with E-state index in [0.717, 1.165) is 0 Å². The molecule has 0 atom stereocenters. The molecule has 100 valence electrons. The number of furan rings is 1. The molecule has 2 aromatic rings. The lowest BCUT2D eigenvalue weighted by Crippen LogP contribution is -2.31. The summed E-state index contributed by atoms with van der Waals surface area (Å²) in [7, 11) is 1.56. The van der Waals surface area contributed by atoms with Gasteiger partial charge in [0, 0.05) is 0 Å². The van der Waals surface area contributed by atoms with E-state index in [1.807, 2.05) is 24.3 Å². The first-order valence-corrected chi connectivity index (χ1v) is 6.31. The fraction of sp³-hybridized carbons (Fsp3) is 0.214. The van der Waals surface area contributed by atoms with E-state index >= 15 is 0 Å². The maximum atomic E-state index is 12.0. The van der Waals surface area contributed by atoms with Crippen LogP contribution < -0.4 is 9.64 Å². The summed E-state index contributed by atoms with van der Waals surface area (Å²) in [6.07, 6.45) is 1.57. The van der Waals surface area contributed by atoms with Crippen molar-refractivity contribution < 1.29 is 13.9 Å². The first-order chi connectivity index (χ1) is 9.26. The van der Waals surface area contributed by atoms with Gasteiger partial charge < -0.3 is 14.1 Å². The van der Waals surface area contributed by atoms with Gasteiger partial charge in [0.1, 0.15) is 17.4 Å². The number of hydrogen-bond acceptors (Lipinski definition) is 3. The molecule has 0 unspecified atom stereocenters. The Morgan fingerprint density at radius 1 is 1.32 bits per heavy atom. The molecule has 0 aliphatic heterocycles. The van der Waals surface area contributed by atoms with Crippen LogP contribution >= 0.6 is 11.6 Å². The Morgan fingerprint density at radius 3 is 2.74 bits per heavy atom. The van der Waals surface area contributed by atoms with Crippen molar-refractivity contribution in [2.24, 2.45) is 0 Å². The Bertz CT molecular complexity index is 539. The number of rotatable bonds is 5. The first-order valence-electron chi connectivity index (χ1n) is 5.78. The summed E-state index contributed by atoms with van der Waals surface area (Å²) in [5.74, 6) is 0.998. The van der Waals surface area contributed by atoms with Crippen LogP contribution in [0.1, 0.15) is 5.76 Å². The van der Waals surface area contributed by atoms with Crippen LogP contribution in [0.5, 0.6) is 5.75 Å². The number of benzene rings is 1. The second-order valence-corrected chi connectivity index (χ2v) is 4.13. The lowest BCUT2D eigenvalue weighted by Gasteiger charge is -2.22. The highest BCUT2D eigenvalue weighted by Gasteiger charge is 2.19. The lowest BCUT2D eigenvalue weighted by atomic mass is 10.2. The second-order valence-electron chi connectivity index (χ2n) is 3.86. The van der Waals surface area contributed by atoms with E-state index in [0.29, 0.717) is 23.7 Å². The van der Waals surface area contributed by atoms with Crippen molar-refractivity contribution in [3.8, 4) is 5.75 Å². The van der Waals surface area contributed by atoms with Crippen molar-refractivity contribution in [3.05, 3.63) is 48.4 Å². The average Bonchev–Trinajstić information content (AvgIpc) is 2.97. The standard InChI is InChI=1S/C14H14ClNO3/c1-18-13-7-3-2-6-12(13)16(14(17)9-15)10-11-5-4-8-19-11/h2-8H,9-10H2,1H3. The summed E-state index contributed by atoms with van der Waals surface area (Å²) >= 11 is 5.67. The number of halogens is 1. The van der Waals surface area contributed by atoms with Crippen molar-refractivity contribution in [2.75, 3.05) is 17.9 Å². The van der Waals surface area contributed by atoms with Gasteiger partial charge in [-0.15, -0.1) is 11.6 Å². The smallest absolute Gasteiger partial charge is 0.242 e. The number of carbonyl (C=O) groups excluding carboxylic acids is 1. The van der Waals surface area contributed by atoms with Crippen molar-refractivity contribution in [3.63, 3.8) is 0 Å². The highest BCUT2D eigenvalue weighted by molar-refractivity contribution is 6.29. The molecule has 4 nitrogen and oxygen atoms in total. The van der Waals surface area contributed by atoms with E-state index in [-0.39, 0.29) is 11.8 Å². The Kier molecular flexibility index (Phi) is 4.47. The SMILES string of the molecule is COc1ccccc1N(Cc1ccco1)C(=O)CCl. The molecule has 0 fully saturated rings. The molecule has 19 heavy (non-hydrogen) atoms. The van der Waals surface area contributed by atoms with E-state index in [4.69, 9.17) is 20.8 Å². The predicted molar refractivity (Wildman–Crippen MR) is 73.6 cm³/mol. The molecule has 1 aromatic carbocycles. The summed E-state index contributed by atoms with van der Waals surface area (Å²) < 4.78 is 10.5. The Hall–Kier alpha value is -1.94. The number of para-hydroxylation sites is 2. The zero-order valence-corrected chi connectivity index (χ0v) is 11.3. The van der Waals surface area contributed by atoms with Gasteiger partial charge in [-0.25, -0.2) is 0 Å². The van der Waals surface area contributed by atoms with Crippen LogP contribution in [0.3, 0.4) is 0 Å². The molecule has 1 amide bonds. The van der Waals surface area contributed by atoms with E-state index in [1.54, 1.807) is 30.4 Å². The maximum absolute atomic E-state index is 12.0. The van der Waals surface area contributed by atoms with Gasteiger partial charge in [-0.2, -0.15) is 0 Å². The van der Waals surface area contributed by atoms with Gasteiger partial charge >= 0.3 is 0 Å². The second kappa shape index (κ2) is 6.29. The molecule has 0 radical (unpaired) electrons. The quantitative estimate of drug-likeness (QED) is 0.790. The van der Waals surface area contributed by atoms with Gasteiger partial charge in [-0.1, -0.05) is 12.1 Å². The summed E-state index contributed by atoms with van der Waals surface area (Å²) in [6, 6.07) is 10.9. The van der Waals surface area contributed by atoms with Gasteiger partial charge in [0.05, 0.1) is 25.6 Å². The van der Waals surface area contributed by atoms with E-state index in [9.17, 15) is 4.79 Å². The Labute approximate surface area is 116 Å². The van der Waals surface area contributed by atoms with Crippen LogP contribution in [0.2, 0.25) is 0 Å². The lowest BCUT2D eigenvalue weighted by molar-refractivity contribution is -0.116. The van der Waals surface area contributed by atoms with Gasteiger partial charge in [0.15, 0.2) is 0 Å². The molecule has 1 heterocycles. The number of carbonyl (C=O) groups is 1. The molecular weight excluding hydrogens is 266 g/mol. The minimum atomic E-state index is -0.206. The van der Waals surface area contributed by atoms with Crippen LogP contribution in [-0.4, -0.2) is 18.9 Å². The van der Waals surface area contributed by atoms with E-state index < -0.39 is 0 Å². The number of alkyl halides is 1. The number of methoxy groups -OCH3 is 1. The van der Waals surface area contributed by atoms with Crippen LogP contribution in [0, 0.1) is 0 Å². The third kappa shape index (κ3) is 3.09. The zero-order valence-electron chi connectivity index (χ0n) is 10.5. The first kappa shape index (κ1) is 13.5. The van der Waals surface area contributed by atoms with Crippen LogP contribution in [0.25, 0.3) is 0 Å².